The van der Waals surface area contributed by atoms with Gasteiger partial charge in [-0.15, -0.1) is 0 Å². The van der Waals surface area contributed by atoms with Crippen LogP contribution in [0.2, 0.25) is 0 Å². The first kappa shape index (κ1) is 15.9. The molecule has 0 heterocycles. The summed E-state index contributed by atoms with van der Waals surface area (Å²) in [5.74, 6) is 0. The van der Waals surface area contributed by atoms with Crippen LogP contribution in [0.25, 0.3) is 0 Å². The quantitative estimate of drug-likeness (QED) is 0.552. The van der Waals surface area contributed by atoms with E-state index in [0.717, 1.165) is 0 Å². The third-order valence-corrected chi connectivity index (χ3v) is 0. The minimum absolute atomic E-state index is 0. The molecule has 0 aromatic carbocycles. The maximum atomic E-state index is 8.61. The molecule has 0 rings (SSSR count). The van der Waals surface area contributed by atoms with E-state index in [4.69, 9.17) is 7.91 Å². The molecule has 5 heteroatoms. The topological polar surface area (TPSA) is 37.3 Å². The van der Waals surface area contributed by atoms with Gasteiger partial charge in [-0.3, -0.25) is 4.70 Å². The van der Waals surface area contributed by atoms with Gasteiger partial charge in [0, 0.05) is 48.9 Å². The number of rotatable bonds is 0. The third kappa shape index (κ3) is 27.7. The monoisotopic (exact) mass is 265 g/mol. The molecule has 0 saturated heterocycles. The molecule has 0 aromatic rings. The van der Waals surface area contributed by atoms with Crippen LogP contribution in [0.1, 0.15) is 0 Å². The van der Waals surface area contributed by atoms with Crippen LogP contribution in [0, 0.1) is 0 Å². The van der Waals surface area contributed by atoms with Gasteiger partial charge < -0.3 is 0 Å². The van der Waals surface area contributed by atoms with Crippen molar-refractivity contribution in [2.45, 2.75) is 0 Å². The minimum atomic E-state index is -1.75. The zero-order valence-electron chi connectivity index (χ0n) is 2.47. The van der Waals surface area contributed by atoms with Gasteiger partial charge >= 0.3 is 23.6 Å². The average Bonchev–Trinajstić information content (AvgIpc) is 0.918. The summed E-state index contributed by atoms with van der Waals surface area (Å²) in [6.45, 7) is 0. The molecule has 0 bridgehead atoms. The van der Waals surface area contributed by atoms with Crippen molar-refractivity contribution in [2.75, 3.05) is 0 Å². The Kier molecular flexibility index (Phi) is 55.5. The Hall–Kier alpha value is 1.64. The predicted molar refractivity (Wildman–Crippen MR) is 16.9 cm³/mol. The molecule has 0 aromatic heterocycles. The standard InChI is InChI=1S/Ba.FH.GeHO2/c;;2-1-3/h;1H;2H. The second kappa shape index (κ2) is 17.4. The molecule has 0 aliphatic rings. The molecule has 27 valence electrons. The third-order valence-electron chi connectivity index (χ3n) is 0. The molecule has 0 saturated carbocycles. The van der Waals surface area contributed by atoms with Gasteiger partial charge in [-0.25, -0.2) is 0 Å². The molecule has 0 unspecified atom stereocenters. The Morgan fingerprint density at radius 2 is 1.60 bits per heavy atom. The van der Waals surface area contributed by atoms with Crippen LogP contribution < -0.4 is 0 Å². The van der Waals surface area contributed by atoms with E-state index in [1.807, 2.05) is 0 Å². The predicted octanol–water partition coefficient (Wildman–Crippen LogP) is -1.28. The molecule has 0 fully saturated rings. The molecule has 5 heavy (non-hydrogen) atoms. The molecule has 0 spiro atoms. The van der Waals surface area contributed by atoms with Gasteiger partial charge in [-0.2, -0.15) is 0 Å². The van der Waals surface area contributed by atoms with Crippen LogP contribution in [-0.2, 0) is 3.78 Å². The average molecular weight is 263 g/mol. The van der Waals surface area contributed by atoms with Crippen molar-refractivity contribution in [3.05, 3.63) is 0 Å². The molecular formula is H2BaFGeO2. The molecular weight excluding hydrogens is 261 g/mol. The first-order valence-corrected chi connectivity index (χ1v) is 2.22. The van der Waals surface area contributed by atoms with Gasteiger partial charge in [0.05, 0.1) is 0 Å². The molecule has 0 amide bonds. The van der Waals surface area contributed by atoms with Crippen molar-refractivity contribution in [3.8, 4) is 0 Å². The Labute approximate surface area is 75.8 Å². The van der Waals surface area contributed by atoms with Crippen molar-refractivity contribution in [3.63, 3.8) is 0 Å². The van der Waals surface area contributed by atoms with Gasteiger partial charge in [0.1, 0.15) is 0 Å². The van der Waals surface area contributed by atoms with Crippen LogP contribution in [0.3, 0.4) is 0 Å². The molecule has 1 N–H and O–H groups in total. The van der Waals surface area contributed by atoms with Gasteiger partial charge in [0.2, 0.25) is 0 Å². The first-order chi connectivity index (χ1) is 1.41. The first-order valence-electron chi connectivity index (χ1n) is 0.428. The van der Waals surface area contributed by atoms with Crippen LogP contribution in [-0.4, -0.2) is 68.7 Å². The van der Waals surface area contributed by atoms with Crippen molar-refractivity contribution in [1.29, 1.82) is 0 Å². The summed E-state index contributed by atoms with van der Waals surface area (Å²) in [5, 5.41) is 0. The summed E-state index contributed by atoms with van der Waals surface area (Å²) in [4.78, 5) is 0. The summed E-state index contributed by atoms with van der Waals surface area (Å²) >= 11 is -1.75. The summed E-state index contributed by atoms with van der Waals surface area (Å²) in [5.41, 5.74) is 0. The number of hydrogen-bond donors (Lipinski definition) is 1. The van der Waals surface area contributed by atoms with Crippen LogP contribution in [0.15, 0.2) is 0 Å². The van der Waals surface area contributed by atoms with E-state index in [9.17, 15) is 0 Å². The maximum absolute atomic E-state index is 8.61. The van der Waals surface area contributed by atoms with Crippen molar-refractivity contribution in [2.24, 2.45) is 0 Å². The molecule has 3 radical (unpaired) electrons. The summed E-state index contributed by atoms with van der Waals surface area (Å²) in [7, 11) is 0. The van der Waals surface area contributed by atoms with E-state index in [2.05, 4.69) is 0 Å². The molecule has 0 aliphatic carbocycles. The van der Waals surface area contributed by atoms with E-state index >= 15 is 0 Å². The number of hydrogen-bond acceptors (Lipinski definition) is 1. The van der Waals surface area contributed by atoms with E-state index in [-0.39, 0.29) is 53.6 Å². The van der Waals surface area contributed by atoms with Gasteiger partial charge in [0.25, 0.3) is 0 Å². The van der Waals surface area contributed by atoms with E-state index in [1.54, 1.807) is 0 Å². The summed E-state index contributed by atoms with van der Waals surface area (Å²) in [6.07, 6.45) is 0. The summed E-state index contributed by atoms with van der Waals surface area (Å²) < 4.78 is 15.8. The molecule has 0 atom stereocenters. The molecule has 2 nitrogen and oxygen atoms in total. The summed E-state index contributed by atoms with van der Waals surface area (Å²) in [6, 6.07) is 0. The Morgan fingerprint density at radius 3 is 1.60 bits per heavy atom. The van der Waals surface area contributed by atoms with Crippen molar-refractivity contribution < 1.29 is 12.6 Å². The Balaban J connectivity index is -0.0000000200. The SMILES string of the molecule is F.[Ba].[O]=[Ge][OH]. The normalized spacial score (nSPS) is 2.40. The van der Waals surface area contributed by atoms with Crippen molar-refractivity contribution in [1.82, 2.24) is 0 Å². The second-order valence-corrected chi connectivity index (χ2v) is 0.474. The van der Waals surface area contributed by atoms with E-state index in [1.165, 1.54) is 0 Å². The zero-order chi connectivity index (χ0) is 2.71. The van der Waals surface area contributed by atoms with Gasteiger partial charge in [-0.05, 0) is 0 Å². The Morgan fingerprint density at radius 1 is 1.60 bits per heavy atom. The van der Waals surface area contributed by atoms with E-state index in [0.29, 0.717) is 0 Å². The fourth-order valence-corrected chi connectivity index (χ4v) is 0. The van der Waals surface area contributed by atoms with E-state index < -0.39 is 15.7 Å². The molecule has 0 aliphatic heterocycles. The van der Waals surface area contributed by atoms with Crippen LogP contribution in [0.4, 0.5) is 4.70 Å². The van der Waals surface area contributed by atoms with Gasteiger partial charge in [-0.1, -0.05) is 0 Å². The number of halogens is 1. The van der Waals surface area contributed by atoms with Crippen molar-refractivity contribution >= 4 is 64.6 Å². The fraction of sp³-hybridized carbons (Fsp3) is 0. The van der Waals surface area contributed by atoms with Gasteiger partial charge in [0.15, 0.2) is 0 Å². The van der Waals surface area contributed by atoms with Crippen LogP contribution in [0.5, 0.6) is 0 Å². The van der Waals surface area contributed by atoms with Crippen LogP contribution >= 0.6 is 0 Å². The Bertz CT molecular complexity index is 17.1. The zero-order valence-corrected chi connectivity index (χ0v) is 9.01. The second-order valence-electron chi connectivity index (χ2n) is 0.0913. The fourth-order valence-electron chi connectivity index (χ4n) is 0.